The van der Waals surface area contributed by atoms with Gasteiger partial charge >= 0.3 is 5.97 Å². The van der Waals surface area contributed by atoms with Crippen molar-refractivity contribution >= 4 is 5.97 Å². The number of nitrogens with one attached hydrogen (secondary N) is 1. The topological polar surface area (TPSA) is 72.3 Å². The van der Waals surface area contributed by atoms with Crippen molar-refractivity contribution in [1.29, 1.82) is 0 Å². The average molecular weight is 267 g/mol. The third kappa shape index (κ3) is 3.10. The van der Waals surface area contributed by atoms with Crippen LogP contribution >= 0.6 is 0 Å². The van der Waals surface area contributed by atoms with Gasteiger partial charge in [0.25, 0.3) is 0 Å². The Balaban J connectivity index is 2.26. The Hall–Kier alpha value is -1.47. The molecule has 1 aromatic rings. The largest absolute Gasteiger partial charge is 0.464 e. The highest BCUT2D eigenvalue weighted by Crippen LogP contribution is 2.25. The Morgan fingerprint density at radius 3 is 2.95 bits per heavy atom. The van der Waals surface area contributed by atoms with Crippen LogP contribution in [-0.4, -0.2) is 60.2 Å². The molecule has 1 saturated heterocycles. The first-order valence-electron chi connectivity index (χ1n) is 6.53. The lowest BCUT2D eigenvalue weighted by molar-refractivity contribution is 0.0591. The van der Waals surface area contributed by atoms with E-state index in [0.29, 0.717) is 12.2 Å². The molecule has 2 rings (SSSR count). The van der Waals surface area contributed by atoms with E-state index < -0.39 is 5.97 Å². The number of nitrogens with zero attached hydrogens (tertiary/aromatic N) is 4. The zero-order chi connectivity index (χ0) is 13.8. The zero-order valence-electron chi connectivity index (χ0n) is 11.7. The van der Waals surface area contributed by atoms with Crippen LogP contribution in [0.2, 0.25) is 0 Å². The minimum Gasteiger partial charge on any atom is -0.464 e. The van der Waals surface area contributed by atoms with Gasteiger partial charge in [0.15, 0.2) is 5.69 Å². The molecule has 0 aromatic carbocycles. The smallest absolute Gasteiger partial charge is 0.360 e. The first kappa shape index (κ1) is 14.0. The number of aromatic nitrogens is 3. The molecule has 1 fully saturated rings. The summed E-state index contributed by atoms with van der Waals surface area (Å²) in [6.45, 7) is 2.53. The predicted molar refractivity (Wildman–Crippen MR) is 69.9 cm³/mol. The maximum Gasteiger partial charge on any atom is 0.360 e. The normalized spacial score (nSPS) is 19.1. The molecule has 7 nitrogen and oxygen atoms in total. The van der Waals surface area contributed by atoms with E-state index in [9.17, 15) is 4.79 Å². The summed E-state index contributed by atoms with van der Waals surface area (Å²) >= 11 is 0. The van der Waals surface area contributed by atoms with Crippen molar-refractivity contribution in [3.63, 3.8) is 0 Å². The van der Waals surface area contributed by atoms with Crippen LogP contribution in [0.4, 0.5) is 0 Å². The van der Waals surface area contributed by atoms with E-state index >= 15 is 0 Å². The van der Waals surface area contributed by atoms with Gasteiger partial charge < -0.3 is 15.0 Å². The second kappa shape index (κ2) is 6.12. The Morgan fingerprint density at radius 2 is 2.37 bits per heavy atom. The van der Waals surface area contributed by atoms with Gasteiger partial charge in [0.2, 0.25) is 0 Å². The molecule has 0 saturated carbocycles. The first-order valence-corrected chi connectivity index (χ1v) is 6.53. The summed E-state index contributed by atoms with van der Waals surface area (Å²) in [6, 6.07) is 0.145. The average Bonchev–Trinajstić information content (AvgIpc) is 3.03. The Morgan fingerprint density at radius 1 is 1.58 bits per heavy atom. The van der Waals surface area contributed by atoms with E-state index in [2.05, 4.69) is 20.5 Å². The van der Waals surface area contributed by atoms with Crippen molar-refractivity contribution in [2.75, 3.05) is 34.3 Å². The molecule has 1 aromatic heterocycles. The van der Waals surface area contributed by atoms with Gasteiger partial charge in [-0.05, 0) is 33.5 Å². The number of likely N-dealkylation sites (N-methyl/N-ethyl adjacent to an activating group) is 1. The fourth-order valence-electron chi connectivity index (χ4n) is 2.29. The number of ether oxygens (including phenoxy) is 1. The highest BCUT2D eigenvalue weighted by atomic mass is 16.5. The van der Waals surface area contributed by atoms with Gasteiger partial charge in [-0.3, -0.25) is 0 Å². The summed E-state index contributed by atoms with van der Waals surface area (Å²) in [5, 5.41) is 11.5. The molecule has 0 amide bonds. The number of hydrogen-bond donors (Lipinski definition) is 1. The van der Waals surface area contributed by atoms with E-state index in [1.54, 1.807) is 0 Å². The number of methoxy groups -OCH3 is 1. The molecule has 1 aliphatic heterocycles. The Kier molecular flexibility index (Phi) is 4.49. The van der Waals surface area contributed by atoms with Gasteiger partial charge in [0, 0.05) is 6.54 Å². The highest BCUT2D eigenvalue weighted by Gasteiger charge is 2.28. The second-order valence-electron chi connectivity index (χ2n) is 4.99. The molecule has 0 aliphatic carbocycles. The third-order valence-corrected chi connectivity index (χ3v) is 3.30. The molecular weight excluding hydrogens is 246 g/mol. The van der Waals surface area contributed by atoms with E-state index in [-0.39, 0.29) is 6.04 Å². The minimum absolute atomic E-state index is 0.145. The maximum atomic E-state index is 11.8. The number of esters is 1. The number of hydrogen-bond acceptors (Lipinski definition) is 6. The van der Waals surface area contributed by atoms with Crippen molar-refractivity contribution < 1.29 is 9.53 Å². The maximum absolute atomic E-state index is 11.8. The van der Waals surface area contributed by atoms with Crippen LogP contribution in [0.1, 0.15) is 35.1 Å². The first-order chi connectivity index (χ1) is 9.13. The van der Waals surface area contributed by atoms with Crippen LogP contribution in [0, 0.1) is 0 Å². The lowest BCUT2D eigenvalue weighted by Gasteiger charge is -2.15. The molecule has 1 unspecified atom stereocenters. The molecule has 0 spiro atoms. The zero-order valence-corrected chi connectivity index (χ0v) is 11.7. The minimum atomic E-state index is -0.417. The Labute approximate surface area is 112 Å². The summed E-state index contributed by atoms with van der Waals surface area (Å²) in [4.78, 5) is 13.8. The summed E-state index contributed by atoms with van der Waals surface area (Å²) in [6.07, 6.45) is 2.10. The monoisotopic (exact) mass is 267 g/mol. The second-order valence-corrected chi connectivity index (χ2v) is 4.99. The van der Waals surface area contributed by atoms with Crippen LogP contribution in [-0.2, 0) is 11.3 Å². The fourth-order valence-corrected chi connectivity index (χ4v) is 2.29. The Bertz CT molecular complexity index is 437. The van der Waals surface area contributed by atoms with Crippen molar-refractivity contribution in [3.05, 3.63) is 11.4 Å². The summed E-state index contributed by atoms with van der Waals surface area (Å²) in [7, 11) is 5.38. The van der Waals surface area contributed by atoms with Gasteiger partial charge in [-0.2, -0.15) is 0 Å². The molecule has 1 atom stereocenters. The summed E-state index contributed by atoms with van der Waals surface area (Å²) < 4.78 is 6.60. The molecule has 106 valence electrons. The molecule has 1 aliphatic rings. The van der Waals surface area contributed by atoms with Gasteiger partial charge in [-0.15, -0.1) is 5.10 Å². The quantitative estimate of drug-likeness (QED) is 0.760. The predicted octanol–water partition coefficient (Wildman–Crippen LogP) is 0.0508. The number of carbonyl (C=O) groups excluding carboxylic acids is 1. The molecule has 1 N–H and O–H groups in total. The molecule has 2 heterocycles. The van der Waals surface area contributed by atoms with Gasteiger partial charge in [0.05, 0.1) is 25.4 Å². The molecule has 0 bridgehead atoms. The van der Waals surface area contributed by atoms with Crippen molar-refractivity contribution in [1.82, 2.24) is 25.2 Å². The molecule has 0 radical (unpaired) electrons. The summed E-state index contributed by atoms with van der Waals surface area (Å²) in [5.74, 6) is -0.417. The van der Waals surface area contributed by atoms with Crippen LogP contribution in [0.15, 0.2) is 0 Å². The van der Waals surface area contributed by atoms with Gasteiger partial charge in [-0.1, -0.05) is 5.21 Å². The molecular formula is C12H21N5O2. The van der Waals surface area contributed by atoms with Crippen molar-refractivity contribution in [3.8, 4) is 0 Å². The summed E-state index contributed by atoms with van der Waals surface area (Å²) in [5.41, 5.74) is 1.19. The van der Waals surface area contributed by atoms with Crippen molar-refractivity contribution in [2.45, 2.75) is 25.4 Å². The van der Waals surface area contributed by atoms with Crippen LogP contribution in [0.25, 0.3) is 0 Å². The lowest BCUT2D eigenvalue weighted by Crippen LogP contribution is -2.24. The van der Waals surface area contributed by atoms with E-state index in [0.717, 1.165) is 31.6 Å². The highest BCUT2D eigenvalue weighted by molar-refractivity contribution is 5.88. The van der Waals surface area contributed by atoms with Crippen LogP contribution in [0.5, 0.6) is 0 Å². The molecule has 7 heteroatoms. The third-order valence-electron chi connectivity index (χ3n) is 3.30. The number of rotatable bonds is 5. The lowest BCUT2D eigenvalue weighted by atomic mass is 10.1. The van der Waals surface area contributed by atoms with Crippen LogP contribution < -0.4 is 5.32 Å². The van der Waals surface area contributed by atoms with E-state index in [1.807, 2.05) is 18.8 Å². The van der Waals surface area contributed by atoms with Gasteiger partial charge in [0.1, 0.15) is 0 Å². The van der Waals surface area contributed by atoms with Crippen molar-refractivity contribution in [2.24, 2.45) is 0 Å². The number of carbonyl (C=O) groups is 1. The van der Waals surface area contributed by atoms with Gasteiger partial charge in [-0.25, -0.2) is 9.48 Å². The van der Waals surface area contributed by atoms with Crippen LogP contribution in [0.3, 0.4) is 0 Å². The SMILES string of the molecule is COC(=O)c1nnn(CCN(C)C)c1C1CCCN1. The van der Waals surface area contributed by atoms with E-state index in [4.69, 9.17) is 4.74 Å². The van der Waals surface area contributed by atoms with E-state index in [1.165, 1.54) is 7.11 Å². The fraction of sp³-hybridized carbons (Fsp3) is 0.750. The molecule has 19 heavy (non-hydrogen) atoms. The standard InChI is InChI=1S/C12H21N5O2/c1-16(2)7-8-17-11(9-5-4-6-13-9)10(14-15-17)12(18)19-3/h9,13H,4-8H2,1-3H3.